The molecule has 3 heterocycles. The fraction of sp³-hybridized carbons (Fsp3) is 0.516. The molecule has 1 aromatic carbocycles. The van der Waals surface area contributed by atoms with Crippen molar-refractivity contribution in [2.75, 3.05) is 19.9 Å². The van der Waals surface area contributed by atoms with Gasteiger partial charge in [-0.1, -0.05) is 46.8 Å². The second-order valence-corrected chi connectivity index (χ2v) is 12.9. The lowest BCUT2D eigenvalue weighted by Gasteiger charge is -2.28. The van der Waals surface area contributed by atoms with Crippen LogP contribution in [0.4, 0.5) is 0 Å². The highest BCUT2D eigenvalue weighted by molar-refractivity contribution is 7.99. The number of benzene rings is 1. The molecule has 43 heavy (non-hydrogen) atoms. The van der Waals surface area contributed by atoms with E-state index in [2.05, 4.69) is 49.3 Å². The van der Waals surface area contributed by atoms with Crippen molar-refractivity contribution >= 4 is 29.9 Å². The predicted molar refractivity (Wildman–Crippen MR) is 163 cm³/mol. The number of primary amides is 1. The molecular formula is C31H42N4O7S. The number of nitrogens with two attached hydrogens (primary N) is 1. The highest BCUT2D eigenvalue weighted by Crippen LogP contribution is 2.46. The zero-order valence-electron chi connectivity index (χ0n) is 25.8. The van der Waals surface area contributed by atoms with E-state index in [1.807, 2.05) is 18.8 Å². The minimum Gasteiger partial charge on any atom is -0.464 e. The fourth-order valence-electron chi connectivity index (χ4n) is 4.80. The molecule has 12 heteroatoms. The molecule has 234 valence electrons. The molecule has 0 spiro atoms. The van der Waals surface area contributed by atoms with Gasteiger partial charge in [0.25, 0.3) is 0 Å². The molecular weight excluding hydrogens is 572 g/mol. The van der Waals surface area contributed by atoms with Gasteiger partial charge in [-0.15, -0.1) is 11.8 Å². The number of oxazole rings is 2. The maximum atomic E-state index is 12.0. The number of carbonyl (C=O) groups is 3. The number of carbonyl (C=O) groups excluding carboxylic acids is 3. The summed E-state index contributed by atoms with van der Waals surface area (Å²) in [6.07, 6.45) is 3.25. The summed E-state index contributed by atoms with van der Waals surface area (Å²) in [4.78, 5) is 43.4. The van der Waals surface area contributed by atoms with Gasteiger partial charge in [-0.2, -0.15) is 0 Å². The summed E-state index contributed by atoms with van der Waals surface area (Å²) in [6.45, 7) is 9.81. The topological polar surface area (TPSA) is 171 Å². The van der Waals surface area contributed by atoms with Crippen LogP contribution in [0.25, 0.3) is 11.6 Å². The molecule has 0 radical (unpaired) electrons. The smallest absolute Gasteiger partial charge is 0.360 e. The number of ether oxygens (including phenoxy) is 1. The molecule has 11 nitrogen and oxygen atoms in total. The number of nitrogens with one attached hydrogen (secondary N) is 1. The number of esters is 1. The predicted octanol–water partition coefficient (Wildman–Crippen LogP) is 4.67. The van der Waals surface area contributed by atoms with E-state index < -0.39 is 18.0 Å². The van der Waals surface area contributed by atoms with E-state index in [1.165, 1.54) is 18.3 Å². The molecule has 1 aliphatic rings. The Balaban J connectivity index is 0.000000557. The number of methoxy groups -OCH3 is 1. The van der Waals surface area contributed by atoms with Crippen molar-refractivity contribution in [2.24, 2.45) is 17.1 Å². The highest BCUT2D eigenvalue weighted by Gasteiger charge is 2.36. The van der Waals surface area contributed by atoms with Gasteiger partial charge in [-0.3, -0.25) is 4.79 Å². The van der Waals surface area contributed by atoms with Gasteiger partial charge in [-0.25, -0.2) is 14.8 Å². The monoisotopic (exact) mass is 614 g/mol. The first kappa shape index (κ1) is 34.0. The molecule has 4 N–H and O–H groups in total. The van der Waals surface area contributed by atoms with Gasteiger partial charge in [0.05, 0.1) is 13.2 Å². The molecule has 2 aromatic heterocycles. The van der Waals surface area contributed by atoms with Gasteiger partial charge in [0.2, 0.25) is 17.7 Å². The zero-order chi connectivity index (χ0) is 31.9. The Morgan fingerprint density at radius 1 is 1.28 bits per heavy atom. The maximum absolute atomic E-state index is 12.0. The summed E-state index contributed by atoms with van der Waals surface area (Å²) in [6, 6.07) is 6.21. The zero-order valence-corrected chi connectivity index (χ0v) is 26.6. The van der Waals surface area contributed by atoms with E-state index in [4.69, 9.17) is 29.4 Å². The summed E-state index contributed by atoms with van der Waals surface area (Å²) < 4.78 is 17.0. The van der Waals surface area contributed by atoms with E-state index in [9.17, 15) is 14.4 Å². The SMILES string of the molecule is CC(C)C(O)C(N)=O.CNC(c1nc(-c2nc(C(=O)OC)co2)c(C2CCSc3ccc(CCC=O)cc32)o1)C(C)(C)C. The van der Waals surface area contributed by atoms with Crippen LogP contribution in [0.1, 0.15) is 92.7 Å². The van der Waals surface area contributed by atoms with Crippen LogP contribution in [0.15, 0.2) is 38.2 Å². The molecule has 0 aliphatic carbocycles. The number of rotatable bonds is 10. The number of thioether (sulfide) groups is 1. The summed E-state index contributed by atoms with van der Waals surface area (Å²) >= 11 is 1.81. The van der Waals surface area contributed by atoms with Crippen molar-refractivity contribution in [3.05, 3.63) is 52.9 Å². The summed E-state index contributed by atoms with van der Waals surface area (Å²) in [5.41, 5.74) is 7.40. The molecule has 0 saturated heterocycles. The second-order valence-electron chi connectivity index (χ2n) is 11.7. The van der Waals surface area contributed by atoms with Crippen LogP contribution in [0.3, 0.4) is 0 Å². The molecule has 3 aromatic rings. The number of aromatic nitrogens is 2. The van der Waals surface area contributed by atoms with Crippen LogP contribution >= 0.6 is 11.8 Å². The van der Waals surface area contributed by atoms with E-state index in [1.54, 1.807) is 13.8 Å². The normalized spacial score (nSPS) is 16.1. The minimum atomic E-state index is -0.991. The van der Waals surface area contributed by atoms with Crippen LogP contribution in [-0.2, 0) is 20.7 Å². The first-order chi connectivity index (χ1) is 20.3. The van der Waals surface area contributed by atoms with Crippen LogP contribution < -0.4 is 11.1 Å². The number of fused-ring (bicyclic) bond motifs is 1. The second kappa shape index (κ2) is 14.8. The minimum absolute atomic E-state index is 0.0652. The average molecular weight is 615 g/mol. The van der Waals surface area contributed by atoms with Gasteiger partial charge >= 0.3 is 5.97 Å². The van der Waals surface area contributed by atoms with Gasteiger partial charge in [0.1, 0.15) is 24.4 Å². The van der Waals surface area contributed by atoms with Gasteiger partial charge < -0.3 is 34.5 Å². The third kappa shape index (κ3) is 8.33. The number of amides is 1. The molecule has 4 rings (SSSR count). The lowest BCUT2D eigenvalue weighted by Crippen LogP contribution is -2.32. The summed E-state index contributed by atoms with van der Waals surface area (Å²) in [7, 11) is 3.18. The molecule has 1 aliphatic heterocycles. The Labute approximate surface area is 256 Å². The Bertz CT molecular complexity index is 1410. The molecule has 3 atom stereocenters. The summed E-state index contributed by atoms with van der Waals surface area (Å²) in [5, 5.41) is 12.0. The van der Waals surface area contributed by atoms with Crippen molar-refractivity contribution in [1.82, 2.24) is 15.3 Å². The van der Waals surface area contributed by atoms with Crippen LogP contribution in [0.2, 0.25) is 0 Å². The molecule has 3 unspecified atom stereocenters. The fourth-order valence-corrected chi connectivity index (χ4v) is 5.90. The average Bonchev–Trinajstić information content (AvgIpc) is 3.62. The van der Waals surface area contributed by atoms with Crippen molar-refractivity contribution in [1.29, 1.82) is 0 Å². The Morgan fingerprint density at radius 3 is 2.56 bits per heavy atom. The Morgan fingerprint density at radius 2 is 2.00 bits per heavy atom. The lowest BCUT2D eigenvalue weighted by molar-refractivity contribution is -0.128. The molecule has 0 saturated carbocycles. The van der Waals surface area contributed by atoms with Crippen molar-refractivity contribution in [3.63, 3.8) is 0 Å². The maximum Gasteiger partial charge on any atom is 0.360 e. The van der Waals surface area contributed by atoms with E-state index >= 15 is 0 Å². The van der Waals surface area contributed by atoms with Crippen molar-refractivity contribution in [2.45, 2.75) is 76.8 Å². The molecule has 0 bridgehead atoms. The Kier molecular flexibility index (Phi) is 11.7. The van der Waals surface area contributed by atoms with Crippen LogP contribution in [0, 0.1) is 11.3 Å². The first-order valence-corrected chi connectivity index (χ1v) is 15.2. The third-order valence-electron chi connectivity index (χ3n) is 7.08. The molecule has 1 amide bonds. The van der Waals surface area contributed by atoms with E-state index in [0.29, 0.717) is 30.2 Å². The standard InChI is InChI=1S/C26H31N3O5S.C5H11NO2/c1-26(2,3)22(27-4)24-29-20(23-28-18(14-33-23)25(31)32-5)21(34-24)16-10-12-35-19-9-8-15(7-6-11-30)13-17(16)19;1-3(2)4(7)5(6)8/h8-9,11,13-14,16,22,27H,6-7,10,12H2,1-5H3;3-4,7H,1-2H3,(H2,6,8). The number of nitrogens with zero attached hydrogens (tertiary/aromatic N) is 2. The quantitative estimate of drug-likeness (QED) is 0.214. The van der Waals surface area contributed by atoms with Gasteiger partial charge in [0.15, 0.2) is 11.4 Å². The number of aliphatic hydroxyl groups excluding tert-OH is 1. The van der Waals surface area contributed by atoms with E-state index in [-0.39, 0.29) is 34.9 Å². The number of hydrogen-bond donors (Lipinski definition) is 3. The van der Waals surface area contributed by atoms with Crippen LogP contribution in [0.5, 0.6) is 0 Å². The highest BCUT2D eigenvalue weighted by atomic mass is 32.2. The largest absolute Gasteiger partial charge is 0.464 e. The van der Waals surface area contributed by atoms with Crippen molar-refractivity contribution < 1.29 is 33.1 Å². The lowest BCUT2D eigenvalue weighted by atomic mass is 9.87. The van der Waals surface area contributed by atoms with E-state index in [0.717, 1.165) is 29.6 Å². The number of hydrogen-bond acceptors (Lipinski definition) is 11. The Hall–Kier alpha value is -3.48. The number of aliphatic hydroxyl groups is 1. The van der Waals surface area contributed by atoms with Gasteiger partial charge in [-0.05, 0) is 54.2 Å². The molecule has 0 fully saturated rings. The van der Waals surface area contributed by atoms with Gasteiger partial charge in [0, 0.05) is 17.2 Å². The first-order valence-electron chi connectivity index (χ1n) is 14.2. The van der Waals surface area contributed by atoms with Crippen LogP contribution in [-0.4, -0.2) is 59.3 Å². The number of aldehydes is 1. The third-order valence-corrected chi connectivity index (χ3v) is 8.20. The summed E-state index contributed by atoms with van der Waals surface area (Å²) in [5.74, 6) is 0.978. The van der Waals surface area contributed by atoms with Crippen molar-refractivity contribution in [3.8, 4) is 11.6 Å². The number of aryl methyl sites for hydroxylation is 1.